The molecule has 17 heavy (non-hydrogen) atoms. The second-order valence-corrected chi connectivity index (χ2v) is 5.03. The van der Waals surface area contributed by atoms with Gasteiger partial charge in [-0.05, 0) is 24.1 Å². The van der Waals surface area contributed by atoms with Crippen LogP contribution in [0.25, 0.3) is 0 Å². The standard InChI is InChI=1S/C13H14N2OS/c1-9(2)12-6-10(8-17-12)13(16)15-11-4-3-5-14-7-11/h3-9H,1-2H3,(H,15,16). The minimum absolute atomic E-state index is 0.0823. The average molecular weight is 246 g/mol. The third-order valence-corrected chi connectivity index (χ3v) is 3.60. The first-order valence-corrected chi connectivity index (χ1v) is 6.34. The molecule has 4 heteroatoms. The predicted molar refractivity (Wildman–Crippen MR) is 70.6 cm³/mol. The lowest BCUT2D eigenvalue weighted by molar-refractivity contribution is 0.102. The van der Waals surface area contributed by atoms with Gasteiger partial charge in [0.25, 0.3) is 5.91 Å². The fourth-order valence-electron chi connectivity index (χ4n) is 1.41. The van der Waals surface area contributed by atoms with E-state index in [0.29, 0.717) is 11.5 Å². The third-order valence-electron chi connectivity index (χ3n) is 2.37. The number of hydrogen-bond donors (Lipinski definition) is 1. The van der Waals surface area contributed by atoms with Crippen molar-refractivity contribution in [1.82, 2.24) is 4.98 Å². The highest BCUT2D eigenvalue weighted by molar-refractivity contribution is 7.10. The Kier molecular flexibility index (Phi) is 3.54. The molecule has 0 aliphatic carbocycles. The molecule has 2 heterocycles. The molecule has 0 bridgehead atoms. The molecule has 1 N–H and O–H groups in total. The Morgan fingerprint density at radius 3 is 2.88 bits per heavy atom. The SMILES string of the molecule is CC(C)c1cc(C(=O)Nc2cccnc2)cs1. The van der Waals surface area contributed by atoms with E-state index >= 15 is 0 Å². The summed E-state index contributed by atoms with van der Waals surface area (Å²) in [5, 5.41) is 4.71. The number of nitrogens with zero attached hydrogens (tertiary/aromatic N) is 1. The Morgan fingerprint density at radius 2 is 2.29 bits per heavy atom. The quantitative estimate of drug-likeness (QED) is 0.900. The molecular weight excluding hydrogens is 232 g/mol. The van der Waals surface area contributed by atoms with Crippen LogP contribution in [0.5, 0.6) is 0 Å². The van der Waals surface area contributed by atoms with Crippen molar-refractivity contribution in [3.63, 3.8) is 0 Å². The largest absolute Gasteiger partial charge is 0.321 e. The molecule has 1 amide bonds. The first-order valence-electron chi connectivity index (χ1n) is 5.46. The summed E-state index contributed by atoms with van der Waals surface area (Å²) < 4.78 is 0. The van der Waals surface area contributed by atoms with Crippen molar-refractivity contribution in [3.05, 3.63) is 46.4 Å². The van der Waals surface area contributed by atoms with Crippen LogP contribution in [-0.2, 0) is 0 Å². The number of anilines is 1. The third kappa shape index (κ3) is 2.91. The molecule has 0 saturated heterocycles. The summed E-state index contributed by atoms with van der Waals surface area (Å²) in [7, 11) is 0. The summed E-state index contributed by atoms with van der Waals surface area (Å²) in [4.78, 5) is 17.1. The molecule has 0 spiro atoms. The summed E-state index contributed by atoms with van der Waals surface area (Å²) in [6.45, 7) is 4.24. The van der Waals surface area contributed by atoms with Gasteiger partial charge in [0.2, 0.25) is 0 Å². The molecule has 0 unspecified atom stereocenters. The molecule has 2 aromatic heterocycles. The molecule has 0 aliphatic rings. The van der Waals surface area contributed by atoms with E-state index in [2.05, 4.69) is 24.1 Å². The van der Waals surface area contributed by atoms with E-state index < -0.39 is 0 Å². The van der Waals surface area contributed by atoms with E-state index in [9.17, 15) is 4.79 Å². The number of amides is 1. The van der Waals surface area contributed by atoms with Gasteiger partial charge in [0, 0.05) is 16.5 Å². The fourth-order valence-corrected chi connectivity index (χ4v) is 2.32. The van der Waals surface area contributed by atoms with Gasteiger partial charge < -0.3 is 5.32 Å². The van der Waals surface area contributed by atoms with Crippen molar-refractivity contribution in [2.24, 2.45) is 0 Å². The van der Waals surface area contributed by atoms with E-state index in [1.165, 1.54) is 4.88 Å². The Hall–Kier alpha value is -1.68. The lowest BCUT2D eigenvalue weighted by Crippen LogP contribution is -2.10. The van der Waals surface area contributed by atoms with Crippen molar-refractivity contribution in [3.8, 4) is 0 Å². The Morgan fingerprint density at radius 1 is 1.47 bits per heavy atom. The smallest absolute Gasteiger partial charge is 0.256 e. The lowest BCUT2D eigenvalue weighted by Gasteiger charge is -2.02. The zero-order valence-corrected chi connectivity index (χ0v) is 10.6. The van der Waals surface area contributed by atoms with E-state index in [4.69, 9.17) is 0 Å². The Bertz CT molecular complexity index is 505. The molecule has 2 aromatic rings. The number of pyridine rings is 1. The first-order chi connectivity index (χ1) is 8.16. The summed E-state index contributed by atoms with van der Waals surface area (Å²) >= 11 is 1.62. The van der Waals surface area contributed by atoms with Crippen LogP contribution in [0.1, 0.15) is 35.0 Å². The number of carbonyl (C=O) groups excluding carboxylic acids is 1. The molecular formula is C13H14N2OS. The maximum absolute atomic E-state index is 11.9. The normalized spacial score (nSPS) is 10.5. The van der Waals surface area contributed by atoms with Crippen LogP contribution in [0.4, 0.5) is 5.69 Å². The number of carbonyl (C=O) groups is 1. The summed E-state index contributed by atoms with van der Waals surface area (Å²) in [6.07, 6.45) is 3.31. The molecule has 0 fully saturated rings. The van der Waals surface area contributed by atoms with Crippen LogP contribution in [0.2, 0.25) is 0 Å². The van der Waals surface area contributed by atoms with Crippen molar-refractivity contribution in [1.29, 1.82) is 0 Å². The second-order valence-electron chi connectivity index (χ2n) is 4.09. The minimum atomic E-state index is -0.0823. The fraction of sp³-hybridized carbons (Fsp3) is 0.231. The van der Waals surface area contributed by atoms with Gasteiger partial charge in [0.05, 0.1) is 17.4 Å². The molecule has 2 rings (SSSR count). The molecule has 3 nitrogen and oxygen atoms in total. The number of thiophene rings is 1. The van der Waals surface area contributed by atoms with Crippen molar-refractivity contribution >= 4 is 22.9 Å². The minimum Gasteiger partial charge on any atom is -0.321 e. The summed E-state index contributed by atoms with van der Waals surface area (Å²) in [5.41, 5.74) is 1.43. The topological polar surface area (TPSA) is 42.0 Å². The van der Waals surface area contributed by atoms with Crippen molar-refractivity contribution in [2.45, 2.75) is 19.8 Å². The molecule has 0 aliphatic heterocycles. The van der Waals surface area contributed by atoms with Gasteiger partial charge in [-0.1, -0.05) is 13.8 Å². The monoisotopic (exact) mass is 246 g/mol. The highest BCUT2D eigenvalue weighted by Gasteiger charge is 2.10. The van der Waals surface area contributed by atoms with E-state index in [0.717, 1.165) is 5.69 Å². The van der Waals surface area contributed by atoms with Gasteiger partial charge in [-0.25, -0.2) is 0 Å². The lowest BCUT2D eigenvalue weighted by atomic mass is 10.1. The van der Waals surface area contributed by atoms with Crippen LogP contribution in [-0.4, -0.2) is 10.9 Å². The van der Waals surface area contributed by atoms with Gasteiger partial charge in [0.1, 0.15) is 0 Å². The molecule has 0 saturated carbocycles. The number of rotatable bonds is 3. The molecule has 0 aromatic carbocycles. The number of hydrogen-bond acceptors (Lipinski definition) is 3. The molecule has 0 radical (unpaired) electrons. The highest BCUT2D eigenvalue weighted by atomic mass is 32.1. The first kappa shape index (κ1) is 11.8. The zero-order valence-electron chi connectivity index (χ0n) is 9.81. The van der Waals surface area contributed by atoms with Gasteiger partial charge >= 0.3 is 0 Å². The number of nitrogens with one attached hydrogen (secondary N) is 1. The highest BCUT2D eigenvalue weighted by Crippen LogP contribution is 2.23. The number of aromatic nitrogens is 1. The van der Waals surface area contributed by atoms with E-state index in [1.807, 2.05) is 17.5 Å². The molecule has 88 valence electrons. The van der Waals surface area contributed by atoms with E-state index in [1.54, 1.807) is 29.8 Å². The summed E-state index contributed by atoms with van der Waals surface area (Å²) in [6, 6.07) is 5.56. The molecule has 0 atom stereocenters. The van der Waals surface area contributed by atoms with Crippen LogP contribution in [0.15, 0.2) is 36.0 Å². The second kappa shape index (κ2) is 5.10. The Balaban J connectivity index is 2.10. The van der Waals surface area contributed by atoms with Gasteiger partial charge in [0.15, 0.2) is 0 Å². The Labute approximate surface area is 105 Å². The van der Waals surface area contributed by atoms with Gasteiger partial charge in [-0.2, -0.15) is 0 Å². The van der Waals surface area contributed by atoms with Crippen LogP contribution in [0.3, 0.4) is 0 Å². The maximum Gasteiger partial charge on any atom is 0.256 e. The van der Waals surface area contributed by atoms with Gasteiger partial charge in [-0.3, -0.25) is 9.78 Å². The van der Waals surface area contributed by atoms with Gasteiger partial charge in [-0.15, -0.1) is 11.3 Å². The zero-order chi connectivity index (χ0) is 12.3. The van der Waals surface area contributed by atoms with Crippen LogP contribution >= 0.6 is 11.3 Å². The summed E-state index contributed by atoms with van der Waals surface area (Å²) in [5.74, 6) is 0.376. The average Bonchev–Trinajstić information content (AvgIpc) is 2.79. The predicted octanol–water partition coefficient (Wildman–Crippen LogP) is 3.52. The maximum atomic E-state index is 11.9. The van der Waals surface area contributed by atoms with Crippen molar-refractivity contribution in [2.75, 3.05) is 5.32 Å². The van der Waals surface area contributed by atoms with Crippen LogP contribution < -0.4 is 5.32 Å². The van der Waals surface area contributed by atoms with E-state index in [-0.39, 0.29) is 5.91 Å². The van der Waals surface area contributed by atoms with Crippen LogP contribution in [0, 0.1) is 0 Å². The van der Waals surface area contributed by atoms with Crippen molar-refractivity contribution < 1.29 is 4.79 Å².